The number of halogens is 2. The number of rotatable bonds is 3. The van der Waals surface area contributed by atoms with Crippen molar-refractivity contribution >= 4 is 46.1 Å². The van der Waals surface area contributed by atoms with Crippen molar-refractivity contribution in [2.45, 2.75) is 13.3 Å². The van der Waals surface area contributed by atoms with Crippen molar-refractivity contribution in [3.05, 3.63) is 44.3 Å². The smallest absolute Gasteiger partial charge is 0.229 e. The third kappa shape index (κ3) is 3.97. The largest absolute Gasteiger partial charge is 0.368 e. The third-order valence-corrected chi connectivity index (χ3v) is 5.52. The summed E-state index contributed by atoms with van der Waals surface area (Å²) < 4.78 is 0. The Morgan fingerprint density at radius 1 is 1.22 bits per heavy atom. The summed E-state index contributed by atoms with van der Waals surface area (Å²) in [6, 6.07) is 5.64. The Balaban J connectivity index is 1.57. The molecule has 1 fully saturated rings. The summed E-state index contributed by atoms with van der Waals surface area (Å²) in [6.07, 6.45) is 2.21. The number of hydrogen-bond acceptors (Lipinski definition) is 4. The number of piperazine rings is 1. The van der Waals surface area contributed by atoms with Crippen molar-refractivity contribution in [3.8, 4) is 0 Å². The molecule has 122 valence electrons. The summed E-state index contributed by atoms with van der Waals surface area (Å²) in [6.45, 7) is 5.01. The fourth-order valence-corrected chi connectivity index (χ4v) is 3.69. The Bertz CT molecular complexity index is 711. The number of amides is 1. The van der Waals surface area contributed by atoms with Gasteiger partial charge in [-0.2, -0.15) is 0 Å². The van der Waals surface area contributed by atoms with E-state index in [0.717, 1.165) is 28.7 Å². The van der Waals surface area contributed by atoms with Crippen molar-refractivity contribution in [3.63, 3.8) is 0 Å². The second-order valence-corrected chi connectivity index (χ2v) is 7.64. The van der Waals surface area contributed by atoms with Crippen LogP contribution in [0.1, 0.15) is 9.88 Å². The number of carbonyl (C=O) groups is 1. The maximum atomic E-state index is 12.4. The molecule has 23 heavy (non-hydrogen) atoms. The zero-order valence-corrected chi connectivity index (χ0v) is 15.1. The molecule has 2 heterocycles. The molecule has 1 aliphatic rings. The number of thiazole rings is 1. The molecule has 0 atom stereocenters. The first-order valence-electron chi connectivity index (χ1n) is 7.42. The van der Waals surface area contributed by atoms with Gasteiger partial charge in [-0.25, -0.2) is 4.98 Å². The summed E-state index contributed by atoms with van der Waals surface area (Å²) in [7, 11) is 0. The lowest BCUT2D eigenvalue weighted by molar-refractivity contribution is -0.130. The van der Waals surface area contributed by atoms with Gasteiger partial charge in [0.1, 0.15) is 5.01 Å². The molecule has 0 bridgehead atoms. The number of carbonyl (C=O) groups excluding carboxylic acids is 1. The quantitative estimate of drug-likeness (QED) is 0.828. The molecule has 0 radical (unpaired) electrons. The molecule has 1 amide bonds. The molecule has 2 aromatic rings. The zero-order chi connectivity index (χ0) is 16.4. The molecule has 1 aromatic heterocycles. The van der Waals surface area contributed by atoms with Crippen LogP contribution in [0.5, 0.6) is 0 Å². The highest BCUT2D eigenvalue weighted by Crippen LogP contribution is 2.27. The molecular formula is C16H17Cl2N3OS. The lowest BCUT2D eigenvalue weighted by atomic mass is 10.2. The molecule has 3 rings (SSSR count). The molecule has 0 aliphatic carbocycles. The average Bonchev–Trinajstić information content (AvgIpc) is 2.95. The van der Waals surface area contributed by atoms with E-state index in [4.69, 9.17) is 23.2 Å². The zero-order valence-electron chi connectivity index (χ0n) is 12.8. The molecule has 1 aromatic carbocycles. The van der Waals surface area contributed by atoms with Gasteiger partial charge in [-0.3, -0.25) is 4.79 Å². The topological polar surface area (TPSA) is 36.4 Å². The lowest BCUT2D eigenvalue weighted by Gasteiger charge is -2.36. The Morgan fingerprint density at radius 3 is 2.57 bits per heavy atom. The Morgan fingerprint density at radius 2 is 1.96 bits per heavy atom. The van der Waals surface area contributed by atoms with Crippen molar-refractivity contribution < 1.29 is 4.79 Å². The predicted octanol–water partition coefficient (Wildman–Crippen LogP) is 3.65. The number of benzene rings is 1. The number of hydrogen-bond donors (Lipinski definition) is 0. The van der Waals surface area contributed by atoms with Crippen LogP contribution in [0.2, 0.25) is 10.0 Å². The van der Waals surface area contributed by atoms with Crippen molar-refractivity contribution in [1.29, 1.82) is 0 Å². The maximum Gasteiger partial charge on any atom is 0.229 e. The van der Waals surface area contributed by atoms with E-state index in [-0.39, 0.29) is 5.91 Å². The van der Waals surface area contributed by atoms with E-state index in [9.17, 15) is 4.79 Å². The molecule has 1 saturated heterocycles. The van der Waals surface area contributed by atoms with Crippen molar-refractivity contribution in [2.24, 2.45) is 0 Å². The molecule has 7 heteroatoms. The van der Waals surface area contributed by atoms with Crippen LogP contribution in [0.3, 0.4) is 0 Å². The van der Waals surface area contributed by atoms with Crippen LogP contribution in [0.25, 0.3) is 0 Å². The van der Waals surface area contributed by atoms with Gasteiger partial charge in [0.2, 0.25) is 5.91 Å². The van der Waals surface area contributed by atoms with E-state index in [0.29, 0.717) is 29.6 Å². The van der Waals surface area contributed by atoms with Crippen LogP contribution in [0, 0.1) is 6.92 Å². The highest BCUT2D eigenvalue weighted by Gasteiger charge is 2.22. The number of aromatic nitrogens is 1. The standard InChI is InChI=1S/C16H17Cl2N3OS/c1-11-10-19-15(23-11)9-16(22)21-6-4-20(5-7-21)12-2-3-13(17)14(18)8-12/h2-3,8,10H,4-7,9H2,1H3. The Hall–Kier alpha value is -1.30. The van der Waals surface area contributed by atoms with Gasteiger partial charge in [0.25, 0.3) is 0 Å². The van der Waals surface area contributed by atoms with Gasteiger partial charge in [-0.05, 0) is 25.1 Å². The summed E-state index contributed by atoms with van der Waals surface area (Å²) >= 11 is 13.6. The van der Waals surface area contributed by atoms with Gasteiger partial charge in [0.05, 0.1) is 16.5 Å². The fourth-order valence-electron chi connectivity index (χ4n) is 2.62. The molecule has 0 N–H and O–H groups in total. The monoisotopic (exact) mass is 369 g/mol. The SMILES string of the molecule is Cc1cnc(CC(=O)N2CCN(c3ccc(Cl)c(Cl)c3)CC2)s1. The maximum absolute atomic E-state index is 12.4. The summed E-state index contributed by atoms with van der Waals surface area (Å²) in [5.41, 5.74) is 1.04. The van der Waals surface area contributed by atoms with Gasteiger partial charge < -0.3 is 9.80 Å². The first kappa shape index (κ1) is 16.6. The normalized spacial score (nSPS) is 15.1. The first-order chi connectivity index (χ1) is 11.0. The lowest BCUT2D eigenvalue weighted by Crippen LogP contribution is -2.49. The number of nitrogens with zero attached hydrogens (tertiary/aromatic N) is 3. The molecule has 0 unspecified atom stereocenters. The first-order valence-corrected chi connectivity index (χ1v) is 8.99. The second kappa shape index (κ2) is 7.07. The Kier molecular flexibility index (Phi) is 5.09. The van der Waals surface area contributed by atoms with Crippen LogP contribution in [0.15, 0.2) is 24.4 Å². The Labute approximate surface area is 149 Å². The van der Waals surface area contributed by atoms with Crippen molar-refractivity contribution in [1.82, 2.24) is 9.88 Å². The van der Waals surface area contributed by atoms with Gasteiger partial charge in [-0.1, -0.05) is 23.2 Å². The van der Waals surface area contributed by atoms with E-state index in [2.05, 4.69) is 9.88 Å². The molecule has 1 aliphatic heterocycles. The van der Waals surface area contributed by atoms with Gasteiger partial charge in [-0.15, -0.1) is 11.3 Å². The third-order valence-electron chi connectivity index (χ3n) is 3.87. The van der Waals surface area contributed by atoms with E-state index in [1.54, 1.807) is 11.3 Å². The van der Waals surface area contributed by atoms with Crippen LogP contribution in [-0.4, -0.2) is 42.0 Å². The minimum atomic E-state index is 0.146. The average molecular weight is 370 g/mol. The van der Waals surface area contributed by atoms with E-state index in [1.807, 2.05) is 36.2 Å². The van der Waals surface area contributed by atoms with E-state index < -0.39 is 0 Å². The summed E-state index contributed by atoms with van der Waals surface area (Å²) in [5.74, 6) is 0.146. The molecule has 0 spiro atoms. The molecular weight excluding hydrogens is 353 g/mol. The van der Waals surface area contributed by atoms with Crippen LogP contribution >= 0.6 is 34.5 Å². The summed E-state index contributed by atoms with van der Waals surface area (Å²) in [4.78, 5) is 21.9. The van der Waals surface area contributed by atoms with Gasteiger partial charge in [0.15, 0.2) is 0 Å². The van der Waals surface area contributed by atoms with Crippen LogP contribution in [0.4, 0.5) is 5.69 Å². The second-order valence-electron chi connectivity index (χ2n) is 5.51. The highest BCUT2D eigenvalue weighted by molar-refractivity contribution is 7.11. The van der Waals surface area contributed by atoms with E-state index in [1.165, 1.54) is 0 Å². The highest BCUT2D eigenvalue weighted by atomic mass is 35.5. The molecule has 0 saturated carbocycles. The minimum absolute atomic E-state index is 0.146. The van der Waals surface area contributed by atoms with E-state index >= 15 is 0 Å². The summed E-state index contributed by atoms with van der Waals surface area (Å²) in [5, 5.41) is 2.00. The van der Waals surface area contributed by atoms with Crippen molar-refractivity contribution in [2.75, 3.05) is 31.1 Å². The van der Waals surface area contributed by atoms with Gasteiger partial charge in [0, 0.05) is 42.9 Å². The van der Waals surface area contributed by atoms with Gasteiger partial charge >= 0.3 is 0 Å². The minimum Gasteiger partial charge on any atom is -0.368 e. The predicted molar refractivity (Wildman–Crippen MR) is 95.8 cm³/mol. The van der Waals surface area contributed by atoms with Crippen LogP contribution < -0.4 is 4.90 Å². The van der Waals surface area contributed by atoms with Crippen LogP contribution in [-0.2, 0) is 11.2 Å². The number of anilines is 1. The molecule has 4 nitrogen and oxygen atoms in total. The fraction of sp³-hybridized carbons (Fsp3) is 0.375. The number of aryl methyl sites for hydroxylation is 1.